The summed E-state index contributed by atoms with van der Waals surface area (Å²) in [6.45, 7) is 6.85. The number of carbonyl (C=O) groups excluding carboxylic acids is 2. The SMILES string of the molecule is CCCCCCCCCCCCCC(=O)O[C@@H]1[C@@H](NC(=O)c2ccc(OCCCCCCCCCC)c(OCCCCCCCCCC)c2)[C@@H](OC)O[C@H](CO)[C@H]1OS(=O)(=O)O. The molecule has 2 rings (SSSR count). The molecule has 0 spiro atoms. The highest BCUT2D eigenvalue weighted by Crippen LogP contribution is 2.32. The van der Waals surface area contributed by atoms with E-state index in [1.807, 2.05) is 0 Å². The highest BCUT2D eigenvalue weighted by molar-refractivity contribution is 7.80. The number of hydrogen-bond donors (Lipinski definition) is 3. The third-order valence-electron chi connectivity index (χ3n) is 11.6. The highest BCUT2D eigenvalue weighted by atomic mass is 32.3. The van der Waals surface area contributed by atoms with Crippen LogP contribution >= 0.6 is 0 Å². The van der Waals surface area contributed by atoms with Crippen molar-refractivity contribution in [1.82, 2.24) is 5.32 Å². The molecule has 0 aliphatic carbocycles. The summed E-state index contributed by atoms with van der Waals surface area (Å²) >= 11 is 0. The van der Waals surface area contributed by atoms with E-state index in [0.717, 1.165) is 64.2 Å². The Hall–Kier alpha value is -2.49. The zero-order valence-corrected chi connectivity index (χ0v) is 39.7. The topological polar surface area (TPSA) is 176 Å². The van der Waals surface area contributed by atoms with Gasteiger partial charge in [-0.05, 0) is 37.5 Å². The molecular formula is C48H85NO12S. The van der Waals surface area contributed by atoms with Crippen LogP contribution in [0.3, 0.4) is 0 Å². The van der Waals surface area contributed by atoms with Crippen molar-refractivity contribution < 1.29 is 55.5 Å². The molecule has 62 heavy (non-hydrogen) atoms. The number of benzene rings is 1. The number of ether oxygens (including phenoxy) is 5. The number of nitrogens with one attached hydrogen (secondary N) is 1. The van der Waals surface area contributed by atoms with Crippen LogP contribution < -0.4 is 14.8 Å². The first-order chi connectivity index (χ1) is 30.1. The van der Waals surface area contributed by atoms with Crippen molar-refractivity contribution in [3.8, 4) is 11.5 Å². The maximum absolute atomic E-state index is 14.0. The third-order valence-corrected chi connectivity index (χ3v) is 12.0. The Morgan fingerprint density at radius 3 is 1.55 bits per heavy atom. The Morgan fingerprint density at radius 2 is 1.10 bits per heavy atom. The second-order valence-corrected chi connectivity index (χ2v) is 18.0. The minimum Gasteiger partial charge on any atom is -0.490 e. The average molecular weight is 900 g/mol. The molecular weight excluding hydrogens is 815 g/mol. The monoisotopic (exact) mass is 900 g/mol. The van der Waals surface area contributed by atoms with Crippen LogP contribution in [0.4, 0.5) is 0 Å². The fourth-order valence-corrected chi connectivity index (χ4v) is 8.41. The van der Waals surface area contributed by atoms with E-state index in [4.69, 9.17) is 27.9 Å². The zero-order chi connectivity index (χ0) is 45.3. The van der Waals surface area contributed by atoms with E-state index in [1.54, 1.807) is 18.2 Å². The number of methoxy groups -OCH3 is 1. The summed E-state index contributed by atoms with van der Waals surface area (Å²) in [7, 11) is -3.81. The molecule has 0 bridgehead atoms. The number of esters is 1. The summed E-state index contributed by atoms with van der Waals surface area (Å²) < 4.78 is 68.3. The Bertz CT molecular complexity index is 1410. The van der Waals surface area contributed by atoms with Crippen molar-refractivity contribution in [2.45, 2.75) is 231 Å². The second kappa shape index (κ2) is 34.9. The third kappa shape index (κ3) is 24.5. The first kappa shape index (κ1) is 55.6. The van der Waals surface area contributed by atoms with Crippen molar-refractivity contribution in [3.63, 3.8) is 0 Å². The van der Waals surface area contributed by atoms with Gasteiger partial charge in [-0.1, -0.05) is 175 Å². The average Bonchev–Trinajstić information content (AvgIpc) is 3.25. The van der Waals surface area contributed by atoms with Gasteiger partial charge in [0.1, 0.15) is 18.2 Å². The molecule has 1 amide bonds. The largest absolute Gasteiger partial charge is 0.490 e. The quantitative estimate of drug-likeness (QED) is 0.0324. The summed E-state index contributed by atoms with van der Waals surface area (Å²) in [4.78, 5) is 27.3. The number of carbonyl (C=O) groups is 2. The molecule has 5 atom stereocenters. The number of aliphatic hydroxyl groups excluding tert-OH is 1. The molecule has 1 aliphatic heterocycles. The van der Waals surface area contributed by atoms with E-state index in [1.165, 1.54) is 110 Å². The maximum atomic E-state index is 14.0. The number of rotatable bonds is 39. The van der Waals surface area contributed by atoms with Crippen LogP contribution in [0.5, 0.6) is 11.5 Å². The van der Waals surface area contributed by atoms with Crippen LogP contribution in [0.15, 0.2) is 18.2 Å². The predicted molar refractivity (Wildman–Crippen MR) is 244 cm³/mol. The number of aliphatic hydroxyl groups is 1. The first-order valence-electron chi connectivity index (χ1n) is 24.4. The van der Waals surface area contributed by atoms with Crippen LogP contribution in [0.2, 0.25) is 0 Å². The molecule has 1 fully saturated rings. The second-order valence-electron chi connectivity index (χ2n) is 17.0. The summed E-state index contributed by atoms with van der Waals surface area (Å²) in [5.74, 6) is -0.323. The van der Waals surface area contributed by atoms with Crippen LogP contribution in [0.1, 0.15) is 211 Å². The molecule has 360 valence electrons. The summed E-state index contributed by atoms with van der Waals surface area (Å²) in [6.07, 6.45) is 24.8. The van der Waals surface area contributed by atoms with Crippen molar-refractivity contribution in [3.05, 3.63) is 23.8 Å². The molecule has 1 heterocycles. The van der Waals surface area contributed by atoms with E-state index in [9.17, 15) is 27.7 Å². The van der Waals surface area contributed by atoms with Crippen LogP contribution in [-0.2, 0) is 33.6 Å². The summed E-state index contributed by atoms with van der Waals surface area (Å²) in [6, 6.07) is 3.60. The van der Waals surface area contributed by atoms with Crippen LogP contribution in [0, 0.1) is 0 Å². The van der Waals surface area contributed by atoms with Gasteiger partial charge in [0.05, 0.1) is 19.8 Å². The smallest absolute Gasteiger partial charge is 0.397 e. The molecule has 1 aliphatic rings. The van der Waals surface area contributed by atoms with Gasteiger partial charge >= 0.3 is 16.4 Å². The number of amides is 1. The van der Waals surface area contributed by atoms with Gasteiger partial charge in [-0.15, -0.1) is 0 Å². The highest BCUT2D eigenvalue weighted by Gasteiger charge is 2.51. The van der Waals surface area contributed by atoms with Gasteiger partial charge in [-0.3, -0.25) is 14.1 Å². The molecule has 1 aromatic rings. The standard InChI is InChI=1S/C48H85NO12S/c1-5-8-11-14-17-20-21-22-23-26-29-32-43(51)60-46-44(48(56-4)59-42(38-50)45(46)61-62(53,54)55)49-47(52)39-33-34-40(57-35-30-27-24-18-15-12-9-6-2)41(37-39)58-36-31-28-25-19-16-13-10-7-3/h33-34,37,42,44-46,48,50H,5-32,35-36,38H2,1-4H3,(H,49,52)(H,53,54,55)/t42-,44-,45-,46-,48+/m1/s1. The molecule has 0 saturated carbocycles. The van der Waals surface area contributed by atoms with Gasteiger partial charge in [0.15, 0.2) is 23.9 Å². The Balaban J connectivity index is 2.17. The fourth-order valence-electron chi connectivity index (χ4n) is 7.90. The van der Waals surface area contributed by atoms with E-state index in [0.29, 0.717) is 31.1 Å². The zero-order valence-electron chi connectivity index (χ0n) is 38.9. The Labute approximate surface area is 375 Å². The maximum Gasteiger partial charge on any atom is 0.397 e. The van der Waals surface area contributed by atoms with Gasteiger partial charge in [-0.2, -0.15) is 8.42 Å². The summed E-state index contributed by atoms with van der Waals surface area (Å²) in [5.41, 5.74) is 0.202. The Morgan fingerprint density at radius 1 is 0.645 bits per heavy atom. The van der Waals surface area contributed by atoms with Crippen molar-refractivity contribution in [2.75, 3.05) is 26.9 Å². The van der Waals surface area contributed by atoms with Gasteiger partial charge in [0, 0.05) is 19.1 Å². The lowest BCUT2D eigenvalue weighted by molar-refractivity contribution is -0.261. The van der Waals surface area contributed by atoms with E-state index < -0.39 is 59.5 Å². The van der Waals surface area contributed by atoms with E-state index in [-0.39, 0.29) is 12.0 Å². The van der Waals surface area contributed by atoms with Gasteiger partial charge in [0.25, 0.3) is 5.91 Å². The molecule has 1 saturated heterocycles. The summed E-state index contributed by atoms with van der Waals surface area (Å²) in [5, 5.41) is 13.0. The lowest BCUT2D eigenvalue weighted by Gasteiger charge is -2.44. The normalized spacial score (nSPS) is 19.0. The first-order valence-corrected chi connectivity index (χ1v) is 25.8. The minimum absolute atomic E-state index is 0.0368. The van der Waals surface area contributed by atoms with Crippen molar-refractivity contribution in [2.24, 2.45) is 0 Å². The molecule has 0 aromatic heterocycles. The van der Waals surface area contributed by atoms with Crippen molar-refractivity contribution in [1.29, 1.82) is 0 Å². The molecule has 0 radical (unpaired) electrons. The lowest BCUT2D eigenvalue weighted by atomic mass is 9.96. The van der Waals surface area contributed by atoms with Gasteiger partial charge in [0.2, 0.25) is 0 Å². The van der Waals surface area contributed by atoms with Gasteiger partial charge < -0.3 is 34.1 Å². The van der Waals surface area contributed by atoms with Gasteiger partial charge in [-0.25, -0.2) is 4.18 Å². The van der Waals surface area contributed by atoms with E-state index in [2.05, 4.69) is 26.1 Å². The molecule has 1 aromatic carbocycles. The fraction of sp³-hybridized carbons (Fsp3) is 0.833. The number of unbranched alkanes of at least 4 members (excludes halogenated alkanes) is 24. The van der Waals surface area contributed by atoms with Crippen LogP contribution in [0.25, 0.3) is 0 Å². The number of hydrogen-bond acceptors (Lipinski definition) is 11. The molecule has 0 unspecified atom stereocenters. The van der Waals surface area contributed by atoms with Crippen molar-refractivity contribution >= 4 is 22.3 Å². The predicted octanol–water partition coefficient (Wildman–Crippen LogP) is 11.0. The van der Waals surface area contributed by atoms with Crippen LogP contribution in [-0.4, -0.2) is 87.5 Å². The van der Waals surface area contributed by atoms with E-state index >= 15 is 0 Å². The molecule has 3 N–H and O–H groups in total. The minimum atomic E-state index is -5.12. The Kier molecular flexibility index (Phi) is 31.3. The lowest BCUT2D eigenvalue weighted by Crippen LogP contribution is -2.66. The molecule has 14 heteroatoms. The molecule has 13 nitrogen and oxygen atoms in total.